The number of ether oxygens (including phenoxy) is 2. The topological polar surface area (TPSA) is 47.6 Å². The molecule has 4 nitrogen and oxygen atoms in total. The van der Waals surface area contributed by atoms with Gasteiger partial charge in [-0.1, -0.05) is 12.0 Å². The van der Waals surface area contributed by atoms with E-state index in [4.69, 9.17) is 15.9 Å². The molecule has 94 valence electrons. The Labute approximate surface area is 106 Å². The third-order valence-corrected chi connectivity index (χ3v) is 2.60. The normalized spacial score (nSPS) is 13.6. The summed E-state index contributed by atoms with van der Waals surface area (Å²) in [6, 6.07) is 5.22. The van der Waals surface area contributed by atoms with E-state index in [2.05, 4.69) is 11.2 Å². The van der Waals surface area contributed by atoms with Gasteiger partial charge in [0.05, 0.1) is 11.1 Å². The van der Waals surface area contributed by atoms with Crippen molar-refractivity contribution in [2.24, 2.45) is 0 Å². The lowest BCUT2D eigenvalue weighted by molar-refractivity contribution is 0.0919. The van der Waals surface area contributed by atoms with E-state index in [0.29, 0.717) is 30.3 Å². The van der Waals surface area contributed by atoms with Gasteiger partial charge in [0.2, 0.25) is 0 Å². The Hall–Kier alpha value is -2.15. The SMILES string of the molecule is C#CC(C)(C)NC(=O)c1cccc2c1OCCO2. The molecular formula is C14H15NO3. The van der Waals surface area contributed by atoms with E-state index in [1.165, 1.54) is 0 Å². The summed E-state index contributed by atoms with van der Waals surface area (Å²) in [6.07, 6.45) is 5.35. The number of carbonyl (C=O) groups excluding carboxylic acids is 1. The average molecular weight is 245 g/mol. The van der Waals surface area contributed by atoms with E-state index in [9.17, 15) is 4.79 Å². The highest BCUT2D eigenvalue weighted by Gasteiger charge is 2.24. The van der Waals surface area contributed by atoms with E-state index in [1.807, 2.05) is 0 Å². The van der Waals surface area contributed by atoms with Crippen LogP contribution < -0.4 is 14.8 Å². The number of hydrogen-bond donors (Lipinski definition) is 1. The summed E-state index contributed by atoms with van der Waals surface area (Å²) >= 11 is 0. The van der Waals surface area contributed by atoms with E-state index in [-0.39, 0.29) is 5.91 Å². The molecule has 0 fully saturated rings. The van der Waals surface area contributed by atoms with Gasteiger partial charge >= 0.3 is 0 Å². The monoisotopic (exact) mass is 245 g/mol. The second-order valence-corrected chi connectivity index (χ2v) is 4.55. The van der Waals surface area contributed by atoms with E-state index in [0.717, 1.165) is 0 Å². The van der Waals surface area contributed by atoms with Crippen LogP contribution in [0.25, 0.3) is 0 Å². The third kappa shape index (κ3) is 2.40. The highest BCUT2D eigenvalue weighted by atomic mass is 16.6. The molecule has 1 heterocycles. The summed E-state index contributed by atoms with van der Waals surface area (Å²) in [5.41, 5.74) is -0.259. The molecule has 4 heteroatoms. The van der Waals surface area contributed by atoms with Crippen molar-refractivity contribution in [1.29, 1.82) is 0 Å². The zero-order valence-electron chi connectivity index (χ0n) is 10.4. The standard InChI is InChI=1S/C14H15NO3/c1-4-14(2,3)15-13(16)10-6-5-7-11-12(10)18-9-8-17-11/h1,5-7H,8-9H2,2-3H3,(H,15,16). The fourth-order valence-electron chi connectivity index (χ4n) is 1.64. The van der Waals surface area contributed by atoms with E-state index >= 15 is 0 Å². The minimum atomic E-state index is -0.699. The lowest BCUT2D eigenvalue weighted by Gasteiger charge is -2.23. The van der Waals surface area contributed by atoms with Crippen molar-refractivity contribution in [2.45, 2.75) is 19.4 Å². The molecule has 2 rings (SSSR count). The summed E-state index contributed by atoms with van der Waals surface area (Å²) in [5, 5.41) is 2.76. The van der Waals surface area contributed by atoms with Gasteiger partial charge in [-0.25, -0.2) is 0 Å². The Morgan fingerprint density at radius 3 is 2.83 bits per heavy atom. The molecule has 0 spiro atoms. The molecule has 0 unspecified atom stereocenters. The van der Waals surface area contributed by atoms with Crippen LogP contribution in [0, 0.1) is 12.3 Å². The molecule has 1 aromatic carbocycles. The number of rotatable bonds is 2. The van der Waals surface area contributed by atoms with Gasteiger partial charge in [-0.2, -0.15) is 0 Å². The largest absolute Gasteiger partial charge is 0.486 e. The first-order chi connectivity index (χ1) is 8.53. The van der Waals surface area contributed by atoms with Crippen LogP contribution in [-0.2, 0) is 0 Å². The third-order valence-electron chi connectivity index (χ3n) is 2.60. The first-order valence-electron chi connectivity index (χ1n) is 5.72. The van der Waals surface area contributed by atoms with Crippen molar-refractivity contribution >= 4 is 5.91 Å². The number of terminal acetylenes is 1. The molecule has 0 saturated carbocycles. The van der Waals surface area contributed by atoms with Crippen LogP contribution in [0.5, 0.6) is 11.5 Å². The second-order valence-electron chi connectivity index (χ2n) is 4.55. The van der Waals surface area contributed by atoms with Crippen LogP contribution in [0.3, 0.4) is 0 Å². The van der Waals surface area contributed by atoms with Crippen molar-refractivity contribution in [1.82, 2.24) is 5.32 Å². The highest BCUT2D eigenvalue weighted by Crippen LogP contribution is 2.33. The number of benzene rings is 1. The van der Waals surface area contributed by atoms with Crippen LogP contribution in [0.15, 0.2) is 18.2 Å². The quantitative estimate of drug-likeness (QED) is 0.805. The molecule has 1 amide bonds. The highest BCUT2D eigenvalue weighted by molar-refractivity contribution is 5.98. The molecule has 1 aromatic rings. The molecule has 0 aromatic heterocycles. The number of carbonyl (C=O) groups is 1. The fourth-order valence-corrected chi connectivity index (χ4v) is 1.64. The average Bonchev–Trinajstić information content (AvgIpc) is 2.37. The molecule has 1 aliphatic heterocycles. The van der Waals surface area contributed by atoms with Crippen LogP contribution in [0.2, 0.25) is 0 Å². The summed E-state index contributed by atoms with van der Waals surface area (Å²) in [6.45, 7) is 4.46. The van der Waals surface area contributed by atoms with Crippen LogP contribution in [0.1, 0.15) is 24.2 Å². The van der Waals surface area contributed by atoms with Gasteiger partial charge in [-0.3, -0.25) is 4.79 Å². The first kappa shape index (κ1) is 12.3. The Kier molecular flexibility index (Phi) is 3.15. The number of fused-ring (bicyclic) bond motifs is 1. The lowest BCUT2D eigenvalue weighted by atomic mass is 10.1. The zero-order chi connectivity index (χ0) is 13.2. The second kappa shape index (κ2) is 4.61. The van der Waals surface area contributed by atoms with Crippen molar-refractivity contribution in [3.63, 3.8) is 0 Å². The van der Waals surface area contributed by atoms with Gasteiger partial charge in [0.1, 0.15) is 13.2 Å². The molecule has 0 saturated heterocycles. The number of amides is 1. The Balaban J connectivity index is 2.29. The summed E-state index contributed by atoms with van der Waals surface area (Å²) in [5.74, 6) is 3.33. The van der Waals surface area contributed by atoms with Crippen LogP contribution in [-0.4, -0.2) is 24.7 Å². The minimum Gasteiger partial charge on any atom is -0.486 e. The maximum Gasteiger partial charge on any atom is 0.256 e. The van der Waals surface area contributed by atoms with Gasteiger partial charge in [0.25, 0.3) is 5.91 Å². The van der Waals surface area contributed by atoms with Crippen molar-refractivity contribution in [2.75, 3.05) is 13.2 Å². The molecule has 0 aliphatic carbocycles. The predicted octanol–water partition coefficient (Wildman–Crippen LogP) is 1.60. The van der Waals surface area contributed by atoms with E-state index < -0.39 is 5.54 Å². The predicted molar refractivity (Wildman–Crippen MR) is 67.8 cm³/mol. The van der Waals surface area contributed by atoms with E-state index in [1.54, 1.807) is 32.0 Å². The smallest absolute Gasteiger partial charge is 0.256 e. The lowest BCUT2D eigenvalue weighted by Crippen LogP contribution is -2.42. The molecule has 1 N–H and O–H groups in total. The van der Waals surface area contributed by atoms with Gasteiger partial charge in [-0.05, 0) is 26.0 Å². The Bertz CT molecular complexity index is 514. The van der Waals surface area contributed by atoms with Crippen LogP contribution >= 0.6 is 0 Å². The number of para-hydroxylation sites is 1. The van der Waals surface area contributed by atoms with Crippen molar-refractivity contribution < 1.29 is 14.3 Å². The molecular weight excluding hydrogens is 230 g/mol. The minimum absolute atomic E-state index is 0.264. The van der Waals surface area contributed by atoms with Crippen molar-refractivity contribution in [3.8, 4) is 23.8 Å². The van der Waals surface area contributed by atoms with Gasteiger partial charge in [0, 0.05) is 0 Å². The number of nitrogens with one attached hydrogen (secondary N) is 1. The Morgan fingerprint density at radius 1 is 1.39 bits per heavy atom. The molecule has 1 aliphatic rings. The maximum atomic E-state index is 12.1. The first-order valence-corrected chi connectivity index (χ1v) is 5.72. The maximum absolute atomic E-state index is 12.1. The summed E-state index contributed by atoms with van der Waals surface area (Å²) in [7, 11) is 0. The fraction of sp³-hybridized carbons (Fsp3) is 0.357. The summed E-state index contributed by atoms with van der Waals surface area (Å²) in [4.78, 5) is 12.1. The molecule has 0 bridgehead atoms. The van der Waals surface area contributed by atoms with Gasteiger partial charge in [-0.15, -0.1) is 6.42 Å². The zero-order valence-corrected chi connectivity index (χ0v) is 10.4. The number of hydrogen-bond acceptors (Lipinski definition) is 3. The molecule has 0 atom stereocenters. The van der Waals surface area contributed by atoms with Crippen LogP contribution in [0.4, 0.5) is 0 Å². The molecule has 0 radical (unpaired) electrons. The summed E-state index contributed by atoms with van der Waals surface area (Å²) < 4.78 is 10.9. The Morgan fingerprint density at radius 2 is 2.11 bits per heavy atom. The van der Waals surface area contributed by atoms with Gasteiger partial charge in [0.15, 0.2) is 11.5 Å². The van der Waals surface area contributed by atoms with Crippen molar-refractivity contribution in [3.05, 3.63) is 23.8 Å². The van der Waals surface area contributed by atoms with Gasteiger partial charge < -0.3 is 14.8 Å². The molecule has 18 heavy (non-hydrogen) atoms.